The third kappa shape index (κ3) is 2.71. The molecule has 0 unspecified atom stereocenters. The number of pyridine rings is 1. The van der Waals surface area contributed by atoms with E-state index in [4.69, 9.17) is 0 Å². The maximum absolute atomic E-state index is 12.8. The van der Waals surface area contributed by atoms with Gasteiger partial charge in [0.05, 0.1) is 5.69 Å². The monoisotopic (exact) mass is 368 g/mol. The SMILES string of the molecule is CN1/C(=c2/s/c(=C\c3cccc[n+]3C)n(C)c2=O)Sc2ccccc21. The molecule has 126 valence electrons. The van der Waals surface area contributed by atoms with Gasteiger partial charge in [0.2, 0.25) is 5.69 Å². The van der Waals surface area contributed by atoms with Crippen LogP contribution in [0.2, 0.25) is 0 Å². The largest absolute Gasteiger partial charge is 0.337 e. The van der Waals surface area contributed by atoms with E-state index in [1.165, 1.54) is 4.90 Å². The quantitative estimate of drug-likeness (QED) is 0.608. The molecule has 4 nitrogen and oxygen atoms in total. The predicted octanol–water partition coefficient (Wildman–Crippen LogP) is 1.41. The minimum atomic E-state index is 0.0528. The summed E-state index contributed by atoms with van der Waals surface area (Å²) in [5, 5.41) is 1.00. The average molecular weight is 369 g/mol. The van der Waals surface area contributed by atoms with E-state index >= 15 is 0 Å². The molecule has 0 radical (unpaired) electrons. The molecule has 1 aliphatic heterocycles. The number of rotatable bonds is 1. The molecule has 4 rings (SSSR count). The molecule has 0 atom stereocenters. The molecule has 3 aromatic rings. The molecule has 0 amide bonds. The highest BCUT2D eigenvalue weighted by Crippen LogP contribution is 2.44. The normalized spacial score (nSPS) is 16.4. The van der Waals surface area contributed by atoms with Gasteiger partial charge in [-0.25, -0.2) is 4.57 Å². The first kappa shape index (κ1) is 16.2. The number of anilines is 1. The topological polar surface area (TPSA) is 29.1 Å². The summed E-state index contributed by atoms with van der Waals surface area (Å²) < 4.78 is 5.51. The van der Waals surface area contributed by atoms with Crippen LogP contribution in [0.25, 0.3) is 11.1 Å². The van der Waals surface area contributed by atoms with Crippen molar-refractivity contribution >= 4 is 39.9 Å². The Kier molecular flexibility index (Phi) is 4.01. The van der Waals surface area contributed by atoms with Gasteiger partial charge in [-0.15, -0.1) is 11.3 Å². The predicted molar refractivity (Wildman–Crippen MR) is 104 cm³/mol. The van der Waals surface area contributed by atoms with Gasteiger partial charge >= 0.3 is 0 Å². The Morgan fingerprint density at radius 2 is 1.84 bits per heavy atom. The smallest absolute Gasteiger partial charge is 0.271 e. The van der Waals surface area contributed by atoms with Gasteiger partial charge in [0.1, 0.15) is 21.3 Å². The highest BCUT2D eigenvalue weighted by atomic mass is 32.2. The number of hydrogen-bond donors (Lipinski definition) is 0. The number of benzene rings is 1. The van der Waals surface area contributed by atoms with Gasteiger partial charge in [-0.3, -0.25) is 4.79 Å². The molecule has 0 N–H and O–H groups in total. The van der Waals surface area contributed by atoms with Gasteiger partial charge in [-0.05, 0) is 18.2 Å². The molecule has 1 aliphatic rings. The van der Waals surface area contributed by atoms with Crippen LogP contribution in [0.3, 0.4) is 0 Å². The maximum atomic E-state index is 12.8. The molecular weight excluding hydrogens is 350 g/mol. The van der Waals surface area contributed by atoms with Crippen LogP contribution in [-0.2, 0) is 14.1 Å². The Labute approximate surface area is 154 Å². The Balaban J connectivity index is 1.93. The van der Waals surface area contributed by atoms with Gasteiger partial charge < -0.3 is 9.47 Å². The number of para-hydroxylation sites is 1. The first-order valence-electron chi connectivity index (χ1n) is 7.93. The summed E-state index contributed by atoms with van der Waals surface area (Å²) in [6.45, 7) is 0. The zero-order valence-electron chi connectivity index (χ0n) is 14.3. The van der Waals surface area contributed by atoms with Crippen molar-refractivity contribution in [2.75, 3.05) is 11.9 Å². The van der Waals surface area contributed by atoms with Crippen LogP contribution >= 0.6 is 23.1 Å². The molecule has 0 spiro atoms. The number of thiazole rings is 1. The molecule has 0 saturated heterocycles. The van der Waals surface area contributed by atoms with E-state index in [1.54, 1.807) is 27.7 Å². The molecule has 0 saturated carbocycles. The van der Waals surface area contributed by atoms with Crippen LogP contribution in [0.1, 0.15) is 5.69 Å². The molecule has 0 bridgehead atoms. The Morgan fingerprint density at radius 3 is 2.60 bits per heavy atom. The lowest BCUT2D eigenvalue weighted by Crippen LogP contribution is -2.33. The van der Waals surface area contributed by atoms with Crippen LogP contribution in [0.4, 0.5) is 5.69 Å². The summed E-state index contributed by atoms with van der Waals surface area (Å²) in [5.74, 6) is 0. The molecule has 0 fully saturated rings. The maximum Gasteiger partial charge on any atom is 0.271 e. The van der Waals surface area contributed by atoms with Crippen molar-refractivity contribution in [3.05, 3.63) is 73.9 Å². The van der Waals surface area contributed by atoms with Crippen molar-refractivity contribution < 1.29 is 4.57 Å². The highest BCUT2D eigenvalue weighted by Gasteiger charge is 2.24. The Hall–Kier alpha value is -2.31. The zero-order valence-corrected chi connectivity index (χ0v) is 15.9. The first-order chi connectivity index (χ1) is 12.1. The first-order valence-corrected chi connectivity index (χ1v) is 9.56. The Bertz CT molecular complexity index is 1140. The molecule has 0 aliphatic carbocycles. The summed E-state index contributed by atoms with van der Waals surface area (Å²) >= 11 is 3.21. The molecular formula is C19H18N3OS2+. The van der Waals surface area contributed by atoms with E-state index in [-0.39, 0.29) is 5.56 Å². The standard InChI is InChI=1S/C19H18N3OS2/c1-20-11-7-6-8-13(20)12-16-22(3)18(23)17(25-16)19-21(2)14-9-4-5-10-15(14)24-19/h4-12H,1-3H3/q+1/b19-17-. The fraction of sp³-hybridized carbons (Fsp3) is 0.158. The highest BCUT2D eigenvalue weighted by molar-refractivity contribution is 8.08. The van der Waals surface area contributed by atoms with Gasteiger partial charge in [0.25, 0.3) is 5.56 Å². The fourth-order valence-electron chi connectivity index (χ4n) is 2.84. The van der Waals surface area contributed by atoms with Crippen molar-refractivity contribution in [3.63, 3.8) is 0 Å². The van der Waals surface area contributed by atoms with Crippen LogP contribution in [0.5, 0.6) is 0 Å². The minimum Gasteiger partial charge on any atom is -0.337 e. The third-order valence-corrected chi connectivity index (χ3v) is 6.87. The van der Waals surface area contributed by atoms with E-state index in [0.29, 0.717) is 0 Å². The second-order valence-corrected chi connectivity index (χ2v) is 8.01. The lowest BCUT2D eigenvalue weighted by Gasteiger charge is -2.11. The van der Waals surface area contributed by atoms with Gasteiger partial charge in [0, 0.05) is 37.2 Å². The minimum absolute atomic E-state index is 0.0528. The van der Waals surface area contributed by atoms with Crippen molar-refractivity contribution in [2.45, 2.75) is 4.90 Å². The van der Waals surface area contributed by atoms with Crippen LogP contribution < -0.4 is 24.2 Å². The van der Waals surface area contributed by atoms with Gasteiger partial charge in [-0.2, -0.15) is 0 Å². The van der Waals surface area contributed by atoms with E-state index in [2.05, 4.69) is 23.1 Å². The number of aromatic nitrogens is 2. The summed E-state index contributed by atoms with van der Waals surface area (Å²) in [6.07, 6.45) is 4.06. The fourth-order valence-corrected chi connectivity index (χ4v) is 5.23. The average Bonchev–Trinajstić information content (AvgIpc) is 3.09. The molecule has 25 heavy (non-hydrogen) atoms. The number of nitrogens with zero attached hydrogens (tertiary/aromatic N) is 3. The second kappa shape index (κ2) is 6.20. The van der Waals surface area contributed by atoms with E-state index in [0.717, 1.165) is 25.6 Å². The van der Waals surface area contributed by atoms with E-state index in [9.17, 15) is 4.79 Å². The van der Waals surface area contributed by atoms with Crippen molar-refractivity contribution in [1.29, 1.82) is 0 Å². The van der Waals surface area contributed by atoms with Gasteiger partial charge in [0.15, 0.2) is 6.20 Å². The molecule has 1 aromatic carbocycles. The van der Waals surface area contributed by atoms with E-state index in [1.807, 2.05) is 62.2 Å². The summed E-state index contributed by atoms with van der Waals surface area (Å²) in [7, 11) is 5.86. The van der Waals surface area contributed by atoms with Crippen molar-refractivity contribution in [1.82, 2.24) is 4.57 Å². The van der Waals surface area contributed by atoms with Crippen LogP contribution in [0.15, 0.2) is 58.4 Å². The molecule has 2 aromatic heterocycles. The van der Waals surface area contributed by atoms with Gasteiger partial charge in [-0.1, -0.05) is 23.9 Å². The Morgan fingerprint density at radius 1 is 1.08 bits per heavy atom. The zero-order chi connectivity index (χ0) is 17.6. The molecule has 3 heterocycles. The van der Waals surface area contributed by atoms with E-state index < -0.39 is 0 Å². The third-order valence-electron chi connectivity index (χ3n) is 4.33. The lowest BCUT2D eigenvalue weighted by atomic mass is 10.3. The molecule has 6 heteroatoms. The number of hydrogen-bond acceptors (Lipinski definition) is 4. The number of fused-ring (bicyclic) bond motifs is 1. The number of thioether (sulfide) groups is 1. The van der Waals surface area contributed by atoms with Crippen molar-refractivity contribution in [3.8, 4) is 0 Å². The summed E-state index contributed by atoms with van der Waals surface area (Å²) in [6, 6.07) is 14.3. The lowest BCUT2D eigenvalue weighted by molar-refractivity contribution is -0.673. The summed E-state index contributed by atoms with van der Waals surface area (Å²) in [4.78, 5) is 16.1. The van der Waals surface area contributed by atoms with Crippen LogP contribution in [0, 0.1) is 0 Å². The summed E-state index contributed by atoms with van der Waals surface area (Å²) in [5.41, 5.74) is 2.27. The van der Waals surface area contributed by atoms with Crippen molar-refractivity contribution in [2.24, 2.45) is 14.1 Å². The van der Waals surface area contributed by atoms with Crippen LogP contribution in [-0.4, -0.2) is 11.6 Å². The number of aryl methyl sites for hydroxylation is 1. The second-order valence-electron chi connectivity index (χ2n) is 5.95.